The van der Waals surface area contributed by atoms with E-state index in [2.05, 4.69) is 10.9 Å². The third-order valence-corrected chi connectivity index (χ3v) is 3.79. The van der Waals surface area contributed by atoms with E-state index in [1.165, 1.54) is 36.4 Å². The number of furan rings is 1. The Morgan fingerprint density at radius 2 is 1.72 bits per heavy atom. The van der Waals surface area contributed by atoms with E-state index in [-0.39, 0.29) is 17.2 Å². The molecule has 7 nitrogen and oxygen atoms in total. The largest absolute Gasteiger partial charge is 0.451 e. The Balaban J connectivity index is 1.74. The van der Waals surface area contributed by atoms with Crippen LogP contribution in [0, 0.1) is 15.9 Å². The van der Waals surface area contributed by atoms with Gasteiger partial charge < -0.3 is 4.42 Å². The smallest absolute Gasteiger partial charge is 0.416 e. The molecule has 1 aromatic heterocycles. The number of nitro benzene ring substituents is 1. The van der Waals surface area contributed by atoms with E-state index >= 15 is 0 Å². The van der Waals surface area contributed by atoms with E-state index in [9.17, 15) is 32.5 Å². The Morgan fingerprint density at radius 1 is 1.03 bits per heavy atom. The molecule has 0 aliphatic heterocycles. The normalized spacial score (nSPS) is 11.2. The predicted molar refractivity (Wildman–Crippen MR) is 93.3 cm³/mol. The van der Waals surface area contributed by atoms with Crippen molar-refractivity contribution >= 4 is 17.3 Å². The van der Waals surface area contributed by atoms with Crippen LogP contribution in [0.15, 0.2) is 59.0 Å². The van der Waals surface area contributed by atoms with Crippen LogP contribution in [0.4, 0.5) is 28.9 Å². The average molecular weight is 409 g/mol. The van der Waals surface area contributed by atoms with Crippen LogP contribution in [0.2, 0.25) is 0 Å². The first-order valence-corrected chi connectivity index (χ1v) is 7.93. The maximum atomic E-state index is 13.0. The van der Waals surface area contributed by atoms with Crippen LogP contribution >= 0.6 is 0 Å². The van der Waals surface area contributed by atoms with E-state index in [0.29, 0.717) is 17.7 Å². The van der Waals surface area contributed by atoms with Gasteiger partial charge in [0.25, 0.3) is 5.69 Å². The number of hydrogen-bond donors (Lipinski definition) is 2. The summed E-state index contributed by atoms with van der Waals surface area (Å²) in [7, 11) is 0. The molecule has 0 saturated heterocycles. The van der Waals surface area contributed by atoms with Gasteiger partial charge >= 0.3 is 12.1 Å². The van der Waals surface area contributed by atoms with Gasteiger partial charge in [-0.3, -0.25) is 25.8 Å². The second kappa shape index (κ2) is 7.62. The summed E-state index contributed by atoms with van der Waals surface area (Å²) in [6.45, 7) is 0. The van der Waals surface area contributed by atoms with Crippen molar-refractivity contribution in [3.8, 4) is 11.3 Å². The van der Waals surface area contributed by atoms with E-state index in [0.717, 1.165) is 6.07 Å². The maximum absolute atomic E-state index is 13.0. The highest BCUT2D eigenvalue weighted by Crippen LogP contribution is 2.34. The fraction of sp³-hybridized carbons (Fsp3) is 0.0556. The zero-order valence-corrected chi connectivity index (χ0v) is 14.3. The van der Waals surface area contributed by atoms with Gasteiger partial charge in [-0.2, -0.15) is 13.2 Å². The van der Waals surface area contributed by atoms with Gasteiger partial charge in [-0.25, -0.2) is 4.39 Å². The number of nitrogens with zero attached hydrogens (tertiary/aromatic N) is 1. The van der Waals surface area contributed by atoms with E-state index in [4.69, 9.17) is 4.42 Å². The number of hydrazine groups is 1. The molecule has 0 spiro atoms. The summed E-state index contributed by atoms with van der Waals surface area (Å²) in [5, 5.41) is 11.0. The molecular weight excluding hydrogens is 398 g/mol. The molecule has 0 bridgehead atoms. The number of anilines is 1. The molecule has 11 heteroatoms. The number of rotatable bonds is 5. The highest BCUT2D eigenvalue weighted by atomic mass is 19.4. The number of nitro groups is 1. The Morgan fingerprint density at radius 3 is 2.34 bits per heavy atom. The molecule has 3 aromatic rings. The first-order valence-electron chi connectivity index (χ1n) is 7.93. The number of halogens is 4. The maximum Gasteiger partial charge on any atom is 0.416 e. The van der Waals surface area contributed by atoms with Gasteiger partial charge in [-0.15, -0.1) is 0 Å². The van der Waals surface area contributed by atoms with Crippen molar-refractivity contribution in [1.82, 2.24) is 5.43 Å². The molecule has 0 aliphatic rings. The van der Waals surface area contributed by atoms with Crippen molar-refractivity contribution in [1.29, 1.82) is 0 Å². The third-order valence-electron chi connectivity index (χ3n) is 3.79. The van der Waals surface area contributed by atoms with E-state index in [1.54, 1.807) is 0 Å². The number of carbonyl (C=O) groups excluding carboxylic acids is 1. The highest BCUT2D eigenvalue weighted by molar-refractivity contribution is 5.93. The fourth-order valence-electron chi connectivity index (χ4n) is 2.38. The first-order chi connectivity index (χ1) is 13.6. The summed E-state index contributed by atoms with van der Waals surface area (Å²) < 4.78 is 56.5. The van der Waals surface area contributed by atoms with Gasteiger partial charge in [0.2, 0.25) is 0 Å². The molecule has 1 heterocycles. The summed E-state index contributed by atoms with van der Waals surface area (Å²) in [6, 6.07) is 9.91. The van der Waals surface area contributed by atoms with Crippen molar-refractivity contribution in [3.63, 3.8) is 0 Å². The first kappa shape index (κ1) is 19.9. The summed E-state index contributed by atoms with van der Waals surface area (Å²) in [5.41, 5.74) is 2.42. The molecule has 2 aromatic carbocycles. The molecule has 3 rings (SSSR count). The monoisotopic (exact) mass is 409 g/mol. The number of amides is 1. The molecule has 2 N–H and O–H groups in total. The minimum Gasteiger partial charge on any atom is -0.451 e. The quantitative estimate of drug-likeness (QED) is 0.359. The number of alkyl halides is 3. The fourth-order valence-corrected chi connectivity index (χ4v) is 2.38. The number of hydrogen-bond acceptors (Lipinski definition) is 5. The Labute approximate surface area is 160 Å². The lowest BCUT2D eigenvalue weighted by molar-refractivity contribution is -0.384. The molecule has 0 atom stereocenters. The van der Waals surface area contributed by atoms with Crippen molar-refractivity contribution < 1.29 is 31.7 Å². The van der Waals surface area contributed by atoms with Crippen LogP contribution in [0.5, 0.6) is 0 Å². The summed E-state index contributed by atoms with van der Waals surface area (Å²) >= 11 is 0. The minimum absolute atomic E-state index is 0.175. The Hall–Kier alpha value is -3.89. The zero-order chi connectivity index (χ0) is 21.2. The van der Waals surface area contributed by atoms with Crippen LogP contribution < -0.4 is 10.9 Å². The predicted octanol–water partition coefficient (Wildman–Crippen LogP) is 4.77. The van der Waals surface area contributed by atoms with Crippen LogP contribution in [-0.4, -0.2) is 10.8 Å². The molecule has 0 aliphatic carbocycles. The summed E-state index contributed by atoms with van der Waals surface area (Å²) in [5.74, 6) is -1.17. The van der Waals surface area contributed by atoms with Crippen molar-refractivity contribution in [2.75, 3.05) is 5.43 Å². The van der Waals surface area contributed by atoms with E-state index < -0.39 is 34.1 Å². The second-order valence-corrected chi connectivity index (χ2v) is 5.74. The Bertz CT molecular complexity index is 1060. The van der Waals surface area contributed by atoms with Gasteiger partial charge in [-0.1, -0.05) is 0 Å². The van der Waals surface area contributed by atoms with Crippen molar-refractivity contribution in [2.45, 2.75) is 6.18 Å². The minimum atomic E-state index is -4.75. The average Bonchev–Trinajstić information content (AvgIpc) is 3.16. The van der Waals surface area contributed by atoms with Gasteiger partial charge in [0, 0.05) is 11.6 Å². The molecule has 0 unspecified atom stereocenters. The zero-order valence-electron chi connectivity index (χ0n) is 14.3. The van der Waals surface area contributed by atoms with Crippen LogP contribution in [0.1, 0.15) is 16.1 Å². The lowest BCUT2D eigenvalue weighted by Gasteiger charge is -2.10. The highest BCUT2D eigenvalue weighted by Gasteiger charge is 2.33. The van der Waals surface area contributed by atoms with E-state index in [1.807, 2.05) is 0 Å². The number of carbonyl (C=O) groups is 1. The van der Waals surface area contributed by atoms with Crippen molar-refractivity contribution in [2.24, 2.45) is 0 Å². The standard InChI is InChI=1S/C18H11F4N3O4/c19-12-4-1-10(2-5-12)15-7-8-16(29-15)17(26)24-23-13-6-3-11(18(20,21)22)9-14(13)25(27)28/h1-9,23H,(H,24,26). The number of nitrogens with one attached hydrogen (secondary N) is 2. The third kappa shape index (κ3) is 4.51. The van der Waals surface area contributed by atoms with Gasteiger partial charge in [0.05, 0.1) is 10.5 Å². The van der Waals surface area contributed by atoms with Crippen LogP contribution in [0.3, 0.4) is 0 Å². The van der Waals surface area contributed by atoms with Gasteiger partial charge in [-0.05, 0) is 48.5 Å². The molecule has 0 radical (unpaired) electrons. The second-order valence-electron chi connectivity index (χ2n) is 5.74. The lowest BCUT2D eigenvalue weighted by atomic mass is 10.1. The van der Waals surface area contributed by atoms with Gasteiger partial charge in [0.15, 0.2) is 5.76 Å². The molecule has 0 fully saturated rings. The molecule has 0 saturated carbocycles. The Kier molecular flexibility index (Phi) is 5.22. The summed E-state index contributed by atoms with van der Waals surface area (Å²) in [4.78, 5) is 22.2. The topological polar surface area (TPSA) is 97.4 Å². The van der Waals surface area contributed by atoms with Crippen LogP contribution in [0.25, 0.3) is 11.3 Å². The van der Waals surface area contributed by atoms with Crippen LogP contribution in [-0.2, 0) is 6.18 Å². The molecular formula is C18H11F4N3O4. The molecule has 150 valence electrons. The summed E-state index contributed by atoms with van der Waals surface area (Å²) in [6.07, 6.45) is -4.75. The molecule has 1 amide bonds. The number of benzene rings is 2. The van der Waals surface area contributed by atoms with Gasteiger partial charge in [0.1, 0.15) is 17.3 Å². The molecule has 29 heavy (non-hydrogen) atoms. The SMILES string of the molecule is O=C(NNc1ccc(C(F)(F)F)cc1[N+](=O)[O-])c1ccc(-c2ccc(F)cc2)o1. The van der Waals surface area contributed by atoms with Crippen molar-refractivity contribution in [3.05, 3.63) is 81.9 Å². The lowest BCUT2D eigenvalue weighted by Crippen LogP contribution is -2.29.